The number of hydrogen-bond acceptors (Lipinski definition) is 7. The van der Waals surface area contributed by atoms with Crippen LogP contribution >= 0.6 is 0 Å². The SMILES string of the molecule is Cn1ncc(-c2ccnc(NC3CCN(Cc4cccnc4)CC3)n2)c1N. The molecule has 140 valence electrons. The Morgan fingerprint density at radius 3 is 2.74 bits per heavy atom. The van der Waals surface area contributed by atoms with E-state index in [1.807, 2.05) is 31.6 Å². The van der Waals surface area contributed by atoms with Gasteiger partial charge in [-0.05, 0) is 30.5 Å². The molecule has 3 N–H and O–H groups in total. The predicted octanol–water partition coefficient (Wildman–Crippen LogP) is 1.93. The van der Waals surface area contributed by atoms with Gasteiger partial charge in [0, 0.05) is 51.3 Å². The Morgan fingerprint density at radius 2 is 2.04 bits per heavy atom. The minimum Gasteiger partial charge on any atom is -0.383 e. The maximum absolute atomic E-state index is 6.06. The van der Waals surface area contributed by atoms with Crippen LogP contribution in [0.4, 0.5) is 11.8 Å². The number of aromatic nitrogens is 5. The first-order valence-corrected chi connectivity index (χ1v) is 9.18. The molecule has 0 unspecified atom stereocenters. The first-order valence-electron chi connectivity index (χ1n) is 9.18. The van der Waals surface area contributed by atoms with Crippen molar-refractivity contribution < 1.29 is 0 Å². The van der Waals surface area contributed by atoms with Crippen molar-refractivity contribution >= 4 is 11.8 Å². The topological polar surface area (TPSA) is 97.8 Å². The number of pyridine rings is 1. The third kappa shape index (κ3) is 4.06. The fourth-order valence-electron chi connectivity index (χ4n) is 3.39. The molecule has 1 saturated heterocycles. The zero-order chi connectivity index (χ0) is 18.6. The standard InChI is InChI=1S/C19H24N8/c1-26-18(20)16(12-23-26)17-4-8-22-19(25-17)24-15-5-9-27(10-6-15)13-14-3-2-7-21-11-14/h2-4,7-8,11-12,15H,5-6,9-10,13,20H2,1H3,(H,22,24,25). The van der Waals surface area contributed by atoms with Crippen LogP contribution in [0.5, 0.6) is 0 Å². The third-order valence-electron chi connectivity index (χ3n) is 4.97. The summed E-state index contributed by atoms with van der Waals surface area (Å²) < 4.78 is 1.64. The molecule has 1 fully saturated rings. The summed E-state index contributed by atoms with van der Waals surface area (Å²) in [6.07, 6.45) is 9.36. The van der Waals surface area contributed by atoms with Gasteiger partial charge in [-0.15, -0.1) is 0 Å². The highest BCUT2D eigenvalue weighted by molar-refractivity contribution is 5.70. The number of nitrogens with zero attached hydrogens (tertiary/aromatic N) is 6. The van der Waals surface area contributed by atoms with Crippen LogP contribution in [-0.2, 0) is 13.6 Å². The van der Waals surface area contributed by atoms with E-state index in [0.29, 0.717) is 17.8 Å². The molecular formula is C19H24N8. The third-order valence-corrected chi connectivity index (χ3v) is 4.97. The van der Waals surface area contributed by atoms with Gasteiger partial charge in [-0.25, -0.2) is 9.97 Å². The molecule has 0 aromatic carbocycles. The van der Waals surface area contributed by atoms with Crippen molar-refractivity contribution in [3.8, 4) is 11.3 Å². The van der Waals surface area contributed by atoms with E-state index in [4.69, 9.17) is 5.73 Å². The molecule has 0 saturated carbocycles. The summed E-state index contributed by atoms with van der Waals surface area (Å²) in [5.74, 6) is 1.24. The van der Waals surface area contributed by atoms with Crippen LogP contribution in [-0.4, -0.2) is 48.8 Å². The summed E-state index contributed by atoms with van der Waals surface area (Å²) in [5.41, 5.74) is 8.93. The zero-order valence-electron chi connectivity index (χ0n) is 15.4. The average molecular weight is 364 g/mol. The molecule has 0 radical (unpaired) electrons. The minimum atomic E-state index is 0.372. The van der Waals surface area contributed by atoms with Crippen LogP contribution in [0.25, 0.3) is 11.3 Å². The van der Waals surface area contributed by atoms with Gasteiger partial charge in [0.15, 0.2) is 0 Å². The van der Waals surface area contributed by atoms with E-state index in [0.717, 1.165) is 43.7 Å². The fourth-order valence-corrected chi connectivity index (χ4v) is 3.39. The van der Waals surface area contributed by atoms with Crippen molar-refractivity contribution in [1.29, 1.82) is 0 Å². The van der Waals surface area contributed by atoms with E-state index < -0.39 is 0 Å². The summed E-state index contributed by atoms with van der Waals surface area (Å²) in [4.78, 5) is 15.6. The monoisotopic (exact) mass is 364 g/mol. The van der Waals surface area contributed by atoms with Crippen molar-refractivity contribution in [2.24, 2.45) is 7.05 Å². The molecular weight excluding hydrogens is 340 g/mol. The number of nitrogen functional groups attached to an aromatic ring is 1. The van der Waals surface area contributed by atoms with Gasteiger partial charge >= 0.3 is 0 Å². The fraction of sp³-hybridized carbons (Fsp3) is 0.368. The molecule has 3 aromatic heterocycles. The van der Waals surface area contributed by atoms with Gasteiger partial charge in [0.2, 0.25) is 5.95 Å². The number of likely N-dealkylation sites (tertiary alicyclic amines) is 1. The summed E-state index contributed by atoms with van der Waals surface area (Å²) in [7, 11) is 1.82. The normalized spacial score (nSPS) is 15.7. The largest absolute Gasteiger partial charge is 0.383 e. The second-order valence-corrected chi connectivity index (χ2v) is 6.89. The minimum absolute atomic E-state index is 0.372. The quantitative estimate of drug-likeness (QED) is 0.714. The summed E-state index contributed by atoms with van der Waals surface area (Å²) in [6, 6.07) is 6.34. The van der Waals surface area contributed by atoms with Crippen molar-refractivity contribution in [3.63, 3.8) is 0 Å². The molecule has 8 nitrogen and oxygen atoms in total. The molecule has 0 spiro atoms. The number of piperidine rings is 1. The Labute approximate surface area is 158 Å². The number of nitrogens with two attached hydrogens (primary N) is 1. The highest BCUT2D eigenvalue weighted by Crippen LogP contribution is 2.24. The molecule has 27 heavy (non-hydrogen) atoms. The van der Waals surface area contributed by atoms with Gasteiger partial charge in [-0.2, -0.15) is 5.10 Å². The molecule has 1 aliphatic rings. The van der Waals surface area contributed by atoms with Gasteiger partial charge in [-0.3, -0.25) is 14.6 Å². The Kier molecular flexibility index (Phi) is 4.97. The van der Waals surface area contributed by atoms with Gasteiger partial charge < -0.3 is 11.1 Å². The Morgan fingerprint density at radius 1 is 1.19 bits per heavy atom. The summed E-state index contributed by atoms with van der Waals surface area (Å²) >= 11 is 0. The Hall–Kier alpha value is -3.00. The van der Waals surface area contributed by atoms with Crippen LogP contribution in [0.2, 0.25) is 0 Å². The lowest BCUT2D eigenvalue weighted by atomic mass is 10.0. The number of nitrogens with one attached hydrogen (secondary N) is 1. The lowest BCUT2D eigenvalue weighted by Crippen LogP contribution is -2.39. The maximum atomic E-state index is 6.06. The van der Waals surface area contributed by atoms with E-state index in [1.165, 1.54) is 5.56 Å². The van der Waals surface area contributed by atoms with Crippen LogP contribution in [0.1, 0.15) is 18.4 Å². The number of aryl methyl sites for hydroxylation is 1. The molecule has 8 heteroatoms. The summed E-state index contributed by atoms with van der Waals surface area (Å²) in [6.45, 7) is 3.04. The number of anilines is 2. The molecule has 4 rings (SSSR count). The van der Waals surface area contributed by atoms with E-state index >= 15 is 0 Å². The van der Waals surface area contributed by atoms with E-state index in [9.17, 15) is 0 Å². The highest BCUT2D eigenvalue weighted by Gasteiger charge is 2.20. The van der Waals surface area contributed by atoms with Crippen LogP contribution in [0, 0.1) is 0 Å². The maximum Gasteiger partial charge on any atom is 0.223 e. The lowest BCUT2D eigenvalue weighted by molar-refractivity contribution is 0.211. The second-order valence-electron chi connectivity index (χ2n) is 6.89. The Bertz CT molecular complexity index is 884. The zero-order valence-corrected chi connectivity index (χ0v) is 15.4. The van der Waals surface area contributed by atoms with Crippen molar-refractivity contribution in [1.82, 2.24) is 29.6 Å². The number of rotatable bonds is 5. The molecule has 0 atom stereocenters. The first-order chi connectivity index (χ1) is 13.2. The van der Waals surface area contributed by atoms with Crippen molar-refractivity contribution in [2.45, 2.75) is 25.4 Å². The lowest BCUT2D eigenvalue weighted by Gasteiger charge is -2.32. The molecule has 0 bridgehead atoms. The van der Waals surface area contributed by atoms with Gasteiger partial charge in [0.25, 0.3) is 0 Å². The van der Waals surface area contributed by atoms with E-state index in [-0.39, 0.29) is 0 Å². The molecule has 0 aliphatic carbocycles. The van der Waals surface area contributed by atoms with Gasteiger partial charge in [0.1, 0.15) is 5.82 Å². The highest BCUT2D eigenvalue weighted by atomic mass is 15.3. The van der Waals surface area contributed by atoms with Crippen molar-refractivity contribution in [3.05, 3.63) is 48.5 Å². The van der Waals surface area contributed by atoms with Crippen LogP contribution in [0.15, 0.2) is 43.0 Å². The van der Waals surface area contributed by atoms with E-state index in [2.05, 4.69) is 36.3 Å². The van der Waals surface area contributed by atoms with Gasteiger partial charge in [-0.1, -0.05) is 6.07 Å². The first kappa shape index (κ1) is 17.4. The second kappa shape index (κ2) is 7.71. The molecule has 3 aromatic rings. The van der Waals surface area contributed by atoms with Gasteiger partial charge in [0.05, 0.1) is 17.5 Å². The van der Waals surface area contributed by atoms with Crippen molar-refractivity contribution in [2.75, 3.05) is 24.1 Å². The summed E-state index contributed by atoms with van der Waals surface area (Å²) in [5, 5.41) is 7.65. The van der Waals surface area contributed by atoms with E-state index in [1.54, 1.807) is 17.1 Å². The predicted molar refractivity (Wildman–Crippen MR) is 105 cm³/mol. The molecule has 0 amide bonds. The average Bonchev–Trinajstić information content (AvgIpc) is 3.03. The Balaban J connectivity index is 1.35. The molecule has 4 heterocycles. The van der Waals surface area contributed by atoms with Crippen LogP contribution in [0.3, 0.4) is 0 Å². The van der Waals surface area contributed by atoms with Crippen LogP contribution < -0.4 is 11.1 Å². The molecule has 1 aliphatic heterocycles. The number of hydrogen-bond donors (Lipinski definition) is 2. The smallest absolute Gasteiger partial charge is 0.223 e.